The number of hydrogen-bond acceptors (Lipinski definition) is 9. The Morgan fingerprint density at radius 3 is 2.47 bits per heavy atom. The van der Waals surface area contributed by atoms with Gasteiger partial charge in [0.15, 0.2) is 5.13 Å². The van der Waals surface area contributed by atoms with Crippen LogP contribution in [0, 0.1) is 10.1 Å². The Hall–Kier alpha value is -5.53. The standard InChI is InChI=1S/C32H25N5O6S2/c1-43-24-14-15-26-28(18-24)45-32(35-26)36-29(38)19-44-25-9-5-8-22(17-25)33-31(40)27(34-30(39)21-6-3-2-4-7-21)16-20-10-12-23(13-11-20)37(41)42/h2-18H,19H2,1H3,(H,33,40)(H,34,39)(H,35,36,38)/b27-16+. The molecule has 0 aliphatic rings. The molecule has 3 amide bonds. The summed E-state index contributed by atoms with van der Waals surface area (Å²) < 4.78 is 6.13. The molecule has 11 nitrogen and oxygen atoms in total. The average molecular weight is 640 g/mol. The number of aromatic nitrogens is 1. The molecular formula is C32H25N5O6S2. The van der Waals surface area contributed by atoms with E-state index in [9.17, 15) is 24.5 Å². The van der Waals surface area contributed by atoms with Gasteiger partial charge in [-0.1, -0.05) is 35.6 Å². The third kappa shape index (κ3) is 8.31. The minimum atomic E-state index is -0.606. The van der Waals surface area contributed by atoms with Crippen molar-refractivity contribution in [1.29, 1.82) is 0 Å². The van der Waals surface area contributed by atoms with Gasteiger partial charge in [-0.3, -0.25) is 24.5 Å². The van der Waals surface area contributed by atoms with Gasteiger partial charge < -0.3 is 20.7 Å². The molecule has 0 aliphatic carbocycles. The SMILES string of the molecule is COc1ccc2nc(NC(=O)CSc3cccc(NC(=O)/C(=C\c4ccc([N+](=O)[O-])cc4)NC(=O)c4ccccc4)c3)sc2c1. The second-order valence-corrected chi connectivity index (χ2v) is 11.5. The van der Waals surface area contributed by atoms with Crippen LogP contribution in [0.3, 0.4) is 0 Å². The van der Waals surface area contributed by atoms with Crippen molar-refractivity contribution in [3.05, 3.63) is 124 Å². The van der Waals surface area contributed by atoms with Crippen molar-refractivity contribution >= 4 is 73.6 Å². The first-order valence-corrected chi connectivity index (χ1v) is 15.2. The first-order chi connectivity index (χ1) is 21.8. The topological polar surface area (TPSA) is 153 Å². The minimum Gasteiger partial charge on any atom is -0.497 e. The van der Waals surface area contributed by atoms with E-state index in [4.69, 9.17) is 4.74 Å². The predicted molar refractivity (Wildman–Crippen MR) is 176 cm³/mol. The molecule has 0 bridgehead atoms. The number of rotatable bonds is 11. The van der Waals surface area contributed by atoms with Crippen LogP contribution >= 0.6 is 23.1 Å². The summed E-state index contributed by atoms with van der Waals surface area (Å²) in [5.41, 5.74) is 1.85. The number of carbonyl (C=O) groups is 3. The first kappa shape index (κ1) is 30.9. The van der Waals surface area contributed by atoms with Crippen LogP contribution < -0.4 is 20.7 Å². The Balaban J connectivity index is 1.26. The number of nitrogens with zero attached hydrogens (tertiary/aromatic N) is 2. The zero-order chi connectivity index (χ0) is 31.8. The number of hydrogen-bond donors (Lipinski definition) is 3. The smallest absolute Gasteiger partial charge is 0.272 e. The second kappa shape index (κ2) is 14.3. The fraction of sp³-hybridized carbons (Fsp3) is 0.0625. The normalized spacial score (nSPS) is 11.1. The van der Waals surface area contributed by atoms with Crippen molar-refractivity contribution < 1.29 is 24.0 Å². The number of nitro benzene ring substituents is 1. The van der Waals surface area contributed by atoms with Crippen molar-refractivity contribution in [2.75, 3.05) is 23.5 Å². The van der Waals surface area contributed by atoms with E-state index in [-0.39, 0.29) is 23.0 Å². The van der Waals surface area contributed by atoms with Crippen LogP contribution in [0.25, 0.3) is 16.3 Å². The Bertz CT molecular complexity index is 1910. The molecule has 0 radical (unpaired) electrons. The van der Waals surface area contributed by atoms with E-state index in [0.29, 0.717) is 27.7 Å². The number of benzene rings is 4. The summed E-state index contributed by atoms with van der Waals surface area (Å²) >= 11 is 2.63. The fourth-order valence-corrected chi connectivity index (χ4v) is 5.72. The van der Waals surface area contributed by atoms with Gasteiger partial charge in [0.2, 0.25) is 5.91 Å². The highest BCUT2D eigenvalue weighted by Gasteiger charge is 2.16. The molecule has 5 aromatic rings. The third-order valence-corrected chi connectivity index (χ3v) is 8.17. The summed E-state index contributed by atoms with van der Waals surface area (Å²) in [5.74, 6) is -0.530. The largest absolute Gasteiger partial charge is 0.497 e. The van der Waals surface area contributed by atoms with E-state index in [1.807, 2.05) is 18.2 Å². The number of amides is 3. The van der Waals surface area contributed by atoms with E-state index in [1.54, 1.807) is 61.7 Å². The monoisotopic (exact) mass is 639 g/mol. The average Bonchev–Trinajstić information content (AvgIpc) is 3.45. The maximum atomic E-state index is 13.4. The molecule has 0 aliphatic heterocycles. The quantitative estimate of drug-likeness (QED) is 0.0654. The first-order valence-electron chi connectivity index (χ1n) is 13.4. The van der Waals surface area contributed by atoms with Gasteiger partial charge in [-0.15, -0.1) is 11.8 Å². The van der Waals surface area contributed by atoms with Crippen molar-refractivity contribution in [1.82, 2.24) is 10.3 Å². The number of nitrogens with one attached hydrogen (secondary N) is 3. The lowest BCUT2D eigenvalue weighted by molar-refractivity contribution is -0.384. The highest BCUT2D eigenvalue weighted by atomic mass is 32.2. The molecule has 0 spiro atoms. The molecule has 45 heavy (non-hydrogen) atoms. The van der Waals surface area contributed by atoms with Gasteiger partial charge in [0.05, 0.1) is 28.0 Å². The van der Waals surface area contributed by atoms with Crippen LogP contribution in [0.5, 0.6) is 5.75 Å². The molecule has 0 fully saturated rings. The summed E-state index contributed by atoms with van der Waals surface area (Å²) in [4.78, 5) is 54.6. The molecule has 0 atom stereocenters. The molecular weight excluding hydrogens is 615 g/mol. The number of thiazole rings is 1. The van der Waals surface area contributed by atoms with Crippen molar-refractivity contribution in [3.8, 4) is 5.75 Å². The van der Waals surface area contributed by atoms with Crippen LogP contribution in [0.4, 0.5) is 16.5 Å². The molecule has 3 N–H and O–H groups in total. The van der Waals surface area contributed by atoms with Crippen molar-refractivity contribution in [2.45, 2.75) is 4.90 Å². The highest BCUT2D eigenvalue weighted by Crippen LogP contribution is 2.29. The number of anilines is 2. The molecule has 4 aromatic carbocycles. The molecule has 1 aromatic heterocycles. The van der Waals surface area contributed by atoms with Crippen LogP contribution in [-0.4, -0.2) is 40.5 Å². The summed E-state index contributed by atoms with van der Waals surface area (Å²) in [6.45, 7) is 0. The highest BCUT2D eigenvalue weighted by molar-refractivity contribution is 8.00. The number of ether oxygens (including phenoxy) is 1. The fourth-order valence-electron chi connectivity index (χ4n) is 4.05. The Labute approximate surface area is 265 Å². The molecule has 0 saturated heterocycles. The Morgan fingerprint density at radius 2 is 1.73 bits per heavy atom. The molecule has 1 heterocycles. The molecule has 13 heteroatoms. The summed E-state index contributed by atoms with van der Waals surface area (Å²) in [6, 6.07) is 26.4. The molecule has 5 rings (SSSR count). The maximum absolute atomic E-state index is 13.4. The van der Waals surface area contributed by atoms with Crippen LogP contribution in [0.2, 0.25) is 0 Å². The lowest BCUT2D eigenvalue weighted by Crippen LogP contribution is -2.30. The lowest BCUT2D eigenvalue weighted by Gasteiger charge is -2.12. The lowest BCUT2D eigenvalue weighted by atomic mass is 10.1. The van der Waals surface area contributed by atoms with Gasteiger partial charge in [-0.05, 0) is 72.3 Å². The van der Waals surface area contributed by atoms with Gasteiger partial charge in [0.1, 0.15) is 11.4 Å². The van der Waals surface area contributed by atoms with E-state index in [1.165, 1.54) is 53.4 Å². The molecule has 226 valence electrons. The van der Waals surface area contributed by atoms with Gasteiger partial charge in [0, 0.05) is 28.3 Å². The number of carbonyl (C=O) groups excluding carboxylic acids is 3. The van der Waals surface area contributed by atoms with Gasteiger partial charge in [0.25, 0.3) is 17.5 Å². The van der Waals surface area contributed by atoms with E-state index in [0.717, 1.165) is 15.1 Å². The summed E-state index contributed by atoms with van der Waals surface area (Å²) in [6.07, 6.45) is 1.43. The van der Waals surface area contributed by atoms with Crippen LogP contribution in [0.15, 0.2) is 108 Å². The number of nitro groups is 1. The second-order valence-electron chi connectivity index (χ2n) is 9.40. The van der Waals surface area contributed by atoms with Gasteiger partial charge in [-0.25, -0.2) is 4.98 Å². The zero-order valence-corrected chi connectivity index (χ0v) is 25.3. The number of methoxy groups -OCH3 is 1. The summed E-state index contributed by atoms with van der Waals surface area (Å²) in [5, 5.41) is 19.8. The van der Waals surface area contributed by atoms with Gasteiger partial charge in [-0.2, -0.15) is 0 Å². The van der Waals surface area contributed by atoms with E-state index in [2.05, 4.69) is 20.9 Å². The number of fused-ring (bicyclic) bond motifs is 1. The predicted octanol–water partition coefficient (Wildman–Crippen LogP) is 6.35. The summed E-state index contributed by atoms with van der Waals surface area (Å²) in [7, 11) is 1.59. The van der Waals surface area contributed by atoms with Crippen molar-refractivity contribution in [2.24, 2.45) is 0 Å². The third-order valence-electron chi connectivity index (χ3n) is 6.25. The van der Waals surface area contributed by atoms with Crippen LogP contribution in [0.1, 0.15) is 15.9 Å². The number of thioether (sulfide) groups is 1. The zero-order valence-electron chi connectivity index (χ0n) is 23.7. The maximum Gasteiger partial charge on any atom is 0.272 e. The van der Waals surface area contributed by atoms with Crippen LogP contribution in [-0.2, 0) is 9.59 Å². The molecule has 0 saturated carbocycles. The van der Waals surface area contributed by atoms with E-state index < -0.39 is 16.7 Å². The van der Waals surface area contributed by atoms with Gasteiger partial charge >= 0.3 is 0 Å². The number of non-ortho nitro benzene ring substituents is 1. The Morgan fingerprint density at radius 1 is 0.956 bits per heavy atom. The molecule has 0 unspecified atom stereocenters. The minimum absolute atomic E-state index is 0.0661. The Kier molecular flexibility index (Phi) is 9.82. The van der Waals surface area contributed by atoms with E-state index >= 15 is 0 Å². The van der Waals surface area contributed by atoms with Crippen molar-refractivity contribution in [3.63, 3.8) is 0 Å².